The van der Waals surface area contributed by atoms with Gasteiger partial charge in [-0.2, -0.15) is 13.2 Å². The molecule has 0 fully saturated rings. The van der Waals surface area contributed by atoms with Gasteiger partial charge >= 0.3 is 6.18 Å². The molecular formula is C7H8F3N3O2. The molecule has 8 heteroatoms. The maximum atomic E-state index is 11.7. The van der Waals surface area contributed by atoms with Crippen molar-refractivity contribution in [2.24, 2.45) is 7.05 Å². The summed E-state index contributed by atoms with van der Waals surface area (Å²) in [6.45, 7) is -2.08. The van der Waals surface area contributed by atoms with E-state index in [9.17, 15) is 18.0 Å². The highest BCUT2D eigenvalue weighted by Gasteiger charge is 2.28. The molecule has 0 saturated heterocycles. The van der Waals surface area contributed by atoms with Gasteiger partial charge in [-0.05, 0) is 0 Å². The van der Waals surface area contributed by atoms with Crippen LogP contribution in [0.1, 0.15) is 10.5 Å². The van der Waals surface area contributed by atoms with Crippen LogP contribution in [-0.2, 0) is 11.8 Å². The van der Waals surface area contributed by atoms with Gasteiger partial charge in [-0.1, -0.05) is 5.21 Å². The first-order valence-corrected chi connectivity index (χ1v) is 3.92. The fourth-order valence-corrected chi connectivity index (χ4v) is 0.876. The number of ketones is 1. The van der Waals surface area contributed by atoms with E-state index < -0.39 is 25.2 Å². The molecule has 0 aliphatic carbocycles. The van der Waals surface area contributed by atoms with Crippen molar-refractivity contribution in [1.82, 2.24) is 15.0 Å². The number of nitrogens with zero attached hydrogens (tertiary/aromatic N) is 3. The Hall–Kier alpha value is -1.44. The molecule has 1 rings (SSSR count). The molecule has 0 aliphatic rings. The third kappa shape index (κ3) is 3.66. The topological polar surface area (TPSA) is 57.0 Å². The molecule has 1 heterocycles. The number of ether oxygens (including phenoxy) is 1. The summed E-state index contributed by atoms with van der Waals surface area (Å²) >= 11 is 0. The monoisotopic (exact) mass is 223 g/mol. The highest BCUT2D eigenvalue weighted by Crippen LogP contribution is 2.14. The lowest BCUT2D eigenvalue weighted by Crippen LogP contribution is -2.21. The third-order valence-electron chi connectivity index (χ3n) is 1.50. The predicted octanol–water partition coefficient (Wildman–Crippen LogP) is 0.577. The minimum Gasteiger partial charge on any atom is -0.364 e. The van der Waals surface area contributed by atoms with Crippen molar-refractivity contribution in [3.63, 3.8) is 0 Å². The molecule has 0 radical (unpaired) electrons. The first-order chi connectivity index (χ1) is 6.90. The van der Waals surface area contributed by atoms with Crippen LogP contribution in [0.2, 0.25) is 0 Å². The van der Waals surface area contributed by atoms with Gasteiger partial charge in [0.25, 0.3) is 0 Å². The van der Waals surface area contributed by atoms with E-state index in [2.05, 4.69) is 15.0 Å². The predicted molar refractivity (Wildman–Crippen MR) is 42.2 cm³/mol. The van der Waals surface area contributed by atoms with E-state index in [1.54, 1.807) is 0 Å². The number of rotatable bonds is 4. The molecule has 0 unspecified atom stereocenters. The average molecular weight is 223 g/mol. The summed E-state index contributed by atoms with van der Waals surface area (Å²) in [5.41, 5.74) is 0.108. The molecule has 1 aromatic rings. The largest absolute Gasteiger partial charge is 0.411 e. The van der Waals surface area contributed by atoms with Gasteiger partial charge in [0.1, 0.15) is 18.9 Å². The summed E-state index contributed by atoms with van der Waals surface area (Å²) in [7, 11) is 1.46. The highest BCUT2D eigenvalue weighted by atomic mass is 19.4. The lowest BCUT2D eigenvalue weighted by molar-refractivity contribution is -0.170. The summed E-state index contributed by atoms with van der Waals surface area (Å²) in [4.78, 5) is 11.2. The van der Waals surface area contributed by atoms with Crippen LogP contribution in [0.3, 0.4) is 0 Å². The first-order valence-electron chi connectivity index (χ1n) is 3.92. The Morgan fingerprint density at radius 2 is 2.27 bits per heavy atom. The van der Waals surface area contributed by atoms with E-state index in [0.717, 1.165) is 0 Å². The van der Waals surface area contributed by atoms with Crippen LogP contribution in [0.5, 0.6) is 0 Å². The molecule has 0 amide bonds. The van der Waals surface area contributed by atoms with Gasteiger partial charge in [0.05, 0.1) is 6.20 Å². The minimum absolute atomic E-state index is 0.108. The third-order valence-corrected chi connectivity index (χ3v) is 1.50. The van der Waals surface area contributed by atoms with Crippen molar-refractivity contribution in [2.45, 2.75) is 6.18 Å². The van der Waals surface area contributed by atoms with Gasteiger partial charge in [0.2, 0.25) is 5.78 Å². The van der Waals surface area contributed by atoms with E-state index in [-0.39, 0.29) is 5.69 Å². The lowest BCUT2D eigenvalue weighted by Gasteiger charge is -2.06. The van der Waals surface area contributed by atoms with Crippen LogP contribution in [0.15, 0.2) is 6.20 Å². The Morgan fingerprint density at radius 1 is 1.60 bits per heavy atom. The summed E-state index contributed by atoms with van der Waals surface area (Å²) in [6, 6.07) is 0. The minimum atomic E-state index is -4.43. The molecule has 0 atom stereocenters. The summed E-state index contributed by atoms with van der Waals surface area (Å²) in [6.07, 6.45) is -3.26. The van der Waals surface area contributed by atoms with Crippen LogP contribution in [0.4, 0.5) is 13.2 Å². The quantitative estimate of drug-likeness (QED) is 0.700. The van der Waals surface area contributed by atoms with Gasteiger partial charge in [0.15, 0.2) is 0 Å². The number of hydrogen-bond donors (Lipinski definition) is 0. The average Bonchev–Trinajstić information content (AvgIpc) is 2.48. The molecule has 0 aromatic carbocycles. The fourth-order valence-electron chi connectivity index (χ4n) is 0.876. The molecule has 84 valence electrons. The second kappa shape index (κ2) is 4.39. The fraction of sp³-hybridized carbons (Fsp3) is 0.571. The Morgan fingerprint density at radius 3 is 2.73 bits per heavy atom. The van der Waals surface area contributed by atoms with Crippen molar-refractivity contribution < 1.29 is 22.7 Å². The zero-order chi connectivity index (χ0) is 11.5. The number of hydrogen-bond acceptors (Lipinski definition) is 4. The Bertz CT molecular complexity index is 347. The van der Waals surface area contributed by atoms with E-state index in [1.807, 2.05) is 0 Å². The maximum absolute atomic E-state index is 11.7. The van der Waals surface area contributed by atoms with E-state index in [4.69, 9.17) is 0 Å². The molecular weight excluding hydrogens is 215 g/mol. The van der Waals surface area contributed by atoms with E-state index >= 15 is 0 Å². The van der Waals surface area contributed by atoms with Crippen molar-refractivity contribution >= 4 is 5.78 Å². The lowest BCUT2D eigenvalue weighted by atomic mass is 10.3. The smallest absolute Gasteiger partial charge is 0.364 e. The molecule has 0 aliphatic heterocycles. The number of aromatic nitrogens is 3. The molecule has 0 N–H and O–H groups in total. The summed E-state index contributed by atoms with van der Waals surface area (Å²) in [5, 5.41) is 6.88. The molecule has 1 aromatic heterocycles. The first kappa shape index (κ1) is 11.6. The van der Waals surface area contributed by atoms with Crippen LogP contribution < -0.4 is 0 Å². The number of aryl methyl sites for hydroxylation is 1. The van der Waals surface area contributed by atoms with Gasteiger partial charge in [-0.25, -0.2) is 4.68 Å². The van der Waals surface area contributed by atoms with Gasteiger partial charge in [0, 0.05) is 7.05 Å². The SMILES string of the molecule is Cn1nncc1C(=O)COCC(F)(F)F. The number of alkyl halides is 3. The molecule has 0 spiro atoms. The standard InChI is InChI=1S/C7H8F3N3O2/c1-13-5(2-11-12-13)6(14)3-15-4-7(8,9)10/h2H,3-4H2,1H3. The van der Waals surface area contributed by atoms with Crippen molar-refractivity contribution in [3.8, 4) is 0 Å². The molecule has 5 nitrogen and oxygen atoms in total. The Labute approximate surface area is 82.8 Å². The van der Waals surface area contributed by atoms with Gasteiger partial charge < -0.3 is 4.74 Å². The van der Waals surface area contributed by atoms with Crippen LogP contribution in [0.25, 0.3) is 0 Å². The number of halogens is 3. The van der Waals surface area contributed by atoms with Crippen molar-refractivity contribution in [3.05, 3.63) is 11.9 Å². The number of Topliss-reactive ketones (excluding diaryl/α,β-unsaturated/α-hetero) is 1. The second-order valence-corrected chi connectivity index (χ2v) is 2.77. The van der Waals surface area contributed by atoms with Crippen molar-refractivity contribution in [1.29, 1.82) is 0 Å². The molecule has 0 bridgehead atoms. The van der Waals surface area contributed by atoms with E-state index in [1.165, 1.54) is 17.9 Å². The van der Waals surface area contributed by atoms with E-state index in [0.29, 0.717) is 0 Å². The Balaban J connectivity index is 2.41. The van der Waals surface area contributed by atoms with Crippen LogP contribution in [-0.4, -0.2) is 40.2 Å². The number of carbonyl (C=O) groups excluding carboxylic acids is 1. The zero-order valence-corrected chi connectivity index (χ0v) is 7.78. The highest BCUT2D eigenvalue weighted by molar-refractivity contribution is 5.95. The summed E-state index contributed by atoms with van der Waals surface area (Å²) in [5.74, 6) is -0.591. The maximum Gasteiger partial charge on any atom is 0.411 e. The second-order valence-electron chi connectivity index (χ2n) is 2.77. The normalized spacial score (nSPS) is 11.7. The summed E-state index contributed by atoms with van der Waals surface area (Å²) < 4.78 is 40.3. The van der Waals surface area contributed by atoms with Crippen LogP contribution in [0, 0.1) is 0 Å². The molecule has 15 heavy (non-hydrogen) atoms. The van der Waals surface area contributed by atoms with Crippen molar-refractivity contribution in [2.75, 3.05) is 13.2 Å². The number of carbonyl (C=O) groups is 1. The molecule has 0 saturated carbocycles. The van der Waals surface area contributed by atoms with Crippen LogP contribution >= 0.6 is 0 Å². The zero-order valence-electron chi connectivity index (χ0n) is 7.78. The van der Waals surface area contributed by atoms with Gasteiger partial charge in [-0.15, -0.1) is 5.10 Å². The van der Waals surface area contributed by atoms with Gasteiger partial charge in [-0.3, -0.25) is 4.79 Å². The Kier molecular flexibility index (Phi) is 3.40.